The van der Waals surface area contributed by atoms with Crippen LogP contribution in [0.1, 0.15) is 0 Å². The Morgan fingerprint density at radius 3 is 1.44 bits per heavy atom. The second kappa shape index (κ2) is 3.35. The van der Waals surface area contributed by atoms with Crippen LogP contribution in [0, 0.1) is 0 Å². The fourth-order valence-corrected chi connectivity index (χ4v) is 0.464. The highest BCUT2D eigenvalue weighted by molar-refractivity contribution is 8.93. The fraction of sp³-hybridized carbons (Fsp3) is 0. The van der Waals surface area contributed by atoms with Crippen LogP contribution in [0.15, 0.2) is 24.3 Å². The maximum atomic E-state index is 8.67. The third-order valence-electron chi connectivity index (χ3n) is 0.882. The molecule has 50 valence electrons. The van der Waals surface area contributed by atoms with Crippen LogP contribution in [0.4, 0.5) is 0 Å². The molecule has 0 heterocycles. The van der Waals surface area contributed by atoms with E-state index in [9.17, 15) is 0 Å². The van der Waals surface area contributed by atoms with Crippen LogP contribution in [0.2, 0.25) is 0 Å². The molecule has 0 aliphatic heterocycles. The molecule has 0 fully saturated rings. The molecule has 0 amide bonds. The van der Waals surface area contributed by atoms with Gasteiger partial charge in [-0.2, -0.15) is 0 Å². The van der Waals surface area contributed by atoms with E-state index in [1.807, 2.05) is 0 Å². The molecule has 0 spiro atoms. The lowest BCUT2D eigenvalue weighted by molar-refractivity contribution is 0.404. The van der Waals surface area contributed by atoms with Gasteiger partial charge in [-0.15, -0.1) is 17.0 Å². The Hall–Kier alpha value is -0.700. The van der Waals surface area contributed by atoms with Crippen LogP contribution in [0.25, 0.3) is 0 Å². The summed E-state index contributed by atoms with van der Waals surface area (Å²) in [6, 6.07) is 6.15. The van der Waals surface area contributed by atoms with Crippen molar-refractivity contribution < 1.29 is 10.2 Å². The molecular formula is C6H7BrO2. The molecule has 0 unspecified atom stereocenters. The van der Waals surface area contributed by atoms with Crippen molar-refractivity contribution in [2.75, 3.05) is 0 Å². The lowest BCUT2D eigenvalue weighted by atomic mass is 10.3. The zero-order valence-corrected chi connectivity index (χ0v) is 6.33. The first-order valence-electron chi connectivity index (χ1n) is 2.27. The molecule has 0 radical (unpaired) electrons. The van der Waals surface area contributed by atoms with E-state index in [2.05, 4.69) is 0 Å². The van der Waals surface area contributed by atoms with Gasteiger partial charge in [-0.05, 0) is 12.1 Å². The summed E-state index contributed by atoms with van der Waals surface area (Å²) in [6.07, 6.45) is 0. The van der Waals surface area contributed by atoms with Crippen molar-refractivity contribution in [2.24, 2.45) is 0 Å². The van der Waals surface area contributed by atoms with Crippen molar-refractivity contribution >= 4 is 17.0 Å². The van der Waals surface area contributed by atoms with Gasteiger partial charge in [-0.3, -0.25) is 0 Å². The Labute approximate surface area is 63.5 Å². The number of hydrogen-bond donors (Lipinski definition) is 2. The van der Waals surface area contributed by atoms with Crippen LogP contribution in [-0.2, 0) is 0 Å². The first-order valence-corrected chi connectivity index (χ1v) is 2.27. The second-order valence-electron chi connectivity index (χ2n) is 1.49. The van der Waals surface area contributed by atoms with E-state index >= 15 is 0 Å². The average molecular weight is 191 g/mol. The van der Waals surface area contributed by atoms with Gasteiger partial charge in [0.15, 0.2) is 11.5 Å². The molecule has 2 nitrogen and oxygen atoms in total. The van der Waals surface area contributed by atoms with Crippen LogP contribution < -0.4 is 0 Å². The maximum Gasteiger partial charge on any atom is 0.157 e. The summed E-state index contributed by atoms with van der Waals surface area (Å²) in [4.78, 5) is 0. The van der Waals surface area contributed by atoms with Gasteiger partial charge in [-0.25, -0.2) is 0 Å². The molecule has 0 aliphatic rings. The quantitative estimate of drug-likeness (QED) is 0.612. The third-order valence-corrected chi connectivity index (χ3v) is 0.882. The van der Waals surface area contributed by atoms with Gasteiger partial charge in [0.2, 0.25) is 0 Å². The fourth-order valence-electron chi connectivity index (χ4n) is 0.464. The molecule has 0 saturated carbocycles. The lowest BCUT2D eigenvalue weighted by Gasteiger charge is -1.91. The summed E-state index contributed by atoms with van der Waals surface area (Å²) in [7, 11) is 0. The Morgan fingerprint density at radius 1 is 0.889 bits per heavy atom. The van der Waals surface area contributed by atoms with Gasteiger partial charge < -0.3 is 10.2 Å². The largest absolute Gasteiger partial charge is 0.504 e. The minimum absolute atomic E-state index is 0. The first kappa shape index (κ1) is 8.30. The Kier molecular flexibility index (Phi) is 3.09. The topological polar surface area (TPSA) is 40.5 Å². The lowest BCUT2D eigenvalue weighted by Crippen LogP contribution is -1.63. The third kappa shape index (κ3) is 1.93. The normalized spacial score (nSPS) is 8.00. The van der Waals surface area contributed by atoms with Gasteiger partial charge in [-0.1, -0.05) is 12.1 Å². The number of rotatable bonds is 0. The van der Waals surface area contributed by atoms with E-state index < -0.39 is 0 Å². The molecule has 3 heteroatoms. The molecule has 0 atom stereocenters. The molecule has 1 aromatic rings. The Morgan fingerprint density at radius 2 is 1.22 bits per heavy atom. The van der Waals surface area contributed by atoms with E-state index in [0.717, 1.165) is 0 Å². The molecule has 0 aliphatic carbocycles. The zero-order valence-electron chi connectivity index (χ0n) is 4.61. The van der Waals surface area contributed by atoms with E-state index in [-0.39, 0.29) is 28.5 Å². The highest BCUT2D eigenvalue weighted by atomic mass is 79.9. The molecule has 1 aromatic carbocycles. The van der Waals surface area contributed by atoms with Gasteiger partial charge in [0.25, 0.3) is 0 Å². The average Bonchev–Trinajstić information content (AvgIpc) is 1.77. The first-order chi connectivity index (χ1) is 3.80. The second-order valence-corrected chi connectivity index (χ2v) is 1.49. The zero-order chi connectivity index (χ0) is 5.98. The van der Waals surface area contributed by atoms with Crippen molar-refractivity contribution in [2.45, 2.75) is 0 Å². The molecule has 0 saturated heterocycles. The number of hydrogen-bond acceptors (Lipinski definition) is 2. The SMILES string of the molecule is Br.Oc1ccccc1O. The maximum absolute atomic E-state index is 8.67. The van der Waals surface area contributed by atoms with E-state index in [1.165, 1.54) is 12.1 Å². The van der Waals surface area contributed by atoms with Crippen molar-refractivity contribution in [3.63, 3.8) is 0 Å². The van der Waals surface area contributed by atoms with E-state index in [1.54, 1.807) is 12.1 Å². The Balaban J connectivity index is 0.000000640. The molecular weight excluding hydrogens is 184 g/mol. The number of phenols is 2. The number of halogens is 1. The number of phenolic OH excluding ortho intramolecular Hbond substituents is 2. The summed E-state index contributed by atoms with van der Waals surface area (Å²) in [5.41, 5.74) is 0. The van der Waals surface area contributed by atoms with Gasteiger partial charge in [0.1, 0.15) is 0 Å². The monoisotopic (exact) mass is 190 g/mol. The van der Waals surface area contributed by atoms with Crippen LogP contribution in [0.3, 0.4) is 0 Å². The van der Waals surface area contributed by atoms with Crippen LogP contribution in [0.5, 0.6) is 11.5 Å². The molecule has 1 rings (SSSR count). The van der Waals surface area contributed by atoms with Crippen molar-refractivity contribution in [3.8, 4) is 11.5 Å². The summed E-state index contributed by atoms with van der Waals surface area (Å²) >= 11 is 0. The number of para-hydroxylation sites is 2. The predicted octanol–water partition coefficient (Wildman–Crippen LogP) is 1.68. The summed E-state index contributed by atoms with van der Waals surface area (Å²) in [5, 5.41) is 17.3. The minimum Gasteiger partial charge on any atom is -0.504 e. The standard InChI is InChI=1S/C6H6O2.BrH/c7-5-3-1-2-4-6(5)8;/h1-4,7-8H;1H. The van der Waals surface area contributed by atoms with Crippen molar-refractivity contribution in [1.82, 2.24) is 0 Å². The number of benzene rings is 1. The predicted molar refractivity (Wildman–Crippen MR) is 40.1 cm³/mol. The smallest absolute Gasteiger partial charge is 0.157 e. The summed E-state index contributed by atoms with van der Waals surface area (Å²) in [5.74, 6) is -0.153. The van der Waals surface area contributed by atoms with Gasteiger partial charge >= 0.3 is 0 Å². The molecule has 0 aromatic heterocycles. The van der Waals surface area contributed by atoms with Crippen molar-refractivity contribution in [3.05, 3.63) is 24.3 Å². The van der Waals surface area contributed by atoms with Crippen molar-refractivity contribution in [1.29, 1.82) is 0 Å². The van der Waals surface area contributed by atoms with E-state index in [4.69, 9.17) is 10.2 Å². The summed E-state index contributed by atoms with van der Waals surface area (Å²) < 4.78 is 0. The number of aromatic hydroxyl groups is 2. The molecule has 9 heavy (non-hydrogen) atoms. The van der Waals surface area contributed by atoms with Gasteiger partial charge in [0.05, 0.1) is 0 Å². The van der Waals surface area contributed by atoms with E-state index in [0.29, 0.717) is 0 Å². The highest BCUT2D eigenvalue weighted by Crippen LogP contribution is 2.21. The Bertz CT molecular complexity index is 167. The summed E-state index contributed by atoms with van der Waals surface area (Å²) in [6.45, 7) is 0. The molecule has 0 bridgehead atoms. The minimum atomic E-state index is -0.0764. The van der Waals surface area contributed by atoms with Crippen LogP contribution in [-0.4, -0.2) is 10.2 Å². The highest BCUT2D eigenvalue weighted by Gasteiger charge is 1.90. The molecule has 2 N–H and O–H groups in total. The van der Waals surface area contributed by atoms with Crippen LogP contribution >= 0.6 is 17.0 Å². The van der Waals surface area contributed by atoms with Gasteiger partial charge in [0, 0.05) is 0 Å².